The largest absolute Gasteiger partial charge is 0.481 e. The van der Waals surface area contributed by atoms with Crippen molar-refractivity contribution in [1.29, 1.82) is 0 Å². The van der Waals surface area contributed by atoms with Gasteiger partial charge in [0.25, 0.3) is 5.91 Å². The zero-order valence-corrected chi connectivity index (χ0v) is 16.1. The predicted molar refractivity (Wildman–Crippen MR) is 103 cm³/mol. The fourth-order valence-electron chi connectivity index (χ4n) is 4.09. The van der Waals surface area contributed by atoms with Crippen molar-refractivity contribution in [1.82, 2.24) is 19.5 Å². The van der Waals surface area contributed by atoms with E-state index in [2.05, 4.69) is 10.1 Å². The number of likely N-dealkylation sites (tertiary alicyclic amines) is 1. The Kier molecular flexibility index (Phi) is 4.37. The second kappa shape index (κ2) is 6.74. The molecule has 0 spiro atoms. The number of hydrogen-bond acceptors (Lipinski definition) is 4. The van der Waals surface area contributed by atoms with Crippen LogP contribution in [0.1, 0.15) is 38.9 Å². The number of carboxylic acid groups (broad SMARTS) is 1. The van der Waals surface area contributed by atoms with E-state index in [-0.39, 0.29) is 18.4 Å². The van der Waals surface area contributed by atoms with E-state index in [0.717, 1.165) is 17.0 Å². The van der Waals surface area contributed by atoms with Crippen LogP contribution >= 0.6 is 0 Å². The Labute approximate surface area is 162 Å². The molecule has 7 heteroatoms. The normalized spacial score (nSPS) is 19.3. The number of rotatable bonds is 3. The number of aliphatic carboxylic acids is 1. The van der Waals surface area contributed by atoms with Crippen LogP contribution in [0.25, 0.3) is 5.65 Å². The van der Waals surface area contributed by atoms with E-state index < -0.39 is 11.9 Å². The van der Waals surface area contributed by atoms with Crippen molar-refractivity contribution in [3.8, 4) is 0 Å². The number of amides is 1. The Morgan fingerprint density at radius 2 is 1.82 bits per heavy atom. The lowest BCUT2D eigenvalue weighted by molar-refractivity contribution is -0.141. The standard InChI is InChI=1S/C21H22N4O3/c1-12-9-13(2)25-19(22-12)18(14(3)23-25)20(26)24-10-16(17(11-24)21(27)28)15-7-5-4-6-8-15/h4-9,16-17H,10-11H2,1-3H3,(H,27,28). The number of carbonyl (C=O) groups is 2. The van der Waals surface area contributed by atoms with E-state index >= 15 is 0 Å². The van der Waals surface area contributed by atoms with E-state index in [1.54, 1.807) is 16.3 Å². The highest BCUT2D eigenvalue weighted by molar-refractivity contribution is 6.01. The maximum atomic E-state index is 13.4. The highest BCUT2D eigenvalue weighted by Gasteiger charge is 2.41. The zero-order valence-electron chi connectivity index (χ0n) is 16.1. The molecule has 3 heterocycles. The molecule has 7 nitrogen and oxygen atoms in total. The quantitative estimate of drug-likeness (QED) is 0.757. The van der Waals surface area contributed by atoms with Crippen LogP contribution in [0, 0.1) is 26.7 Å². The summed E-state index contributed by atoms with van der Waals surface area (Å²) in [4.78, 5) is 31.3. The van der Waals surface area contributed by atoms with E-state index in [1.165, 1.54) is 0 Å². The molecule has 1 saturated heterocycles. The van der Waals surface area contributed by atoms with Crippen LogP contribution in [-0.4, -0.2) is 49.6 Å². The molecule has 1 amide bonds. The summed E-state index contributed by atoms with van der Waals surface area (Å²) >= 11 is 0. The highest BCUT2D eigenvalue weighted by Crippen LogP contribution is 2.34. The molecule has 4 rings (SSSR count). The first-order valence-corrected chi connectivity index (χ1v) is 9.27. The predicted octanol–water partition coefficient (Wildman–Crippen LogP) is 2.59. The molecule has 2 unspecified atom stereocenters. The number of benzene rings is 1. The molecule has 3 aromatic rings. The molecular formula is C21H22N4O3. The highest BCUT2D eigenvalue weighted by atomic mass is 16.4. The minimum Gasteiger partial charge on any atom is -0.481 e. The lowest BCUT2D eigenvalue weighted by Gasteiger charge is -2.16. The molecule has 2 atom stereocenters. The van der Waals surface area contributed by atoms with Gasteiger partial charge < -0.3 is 10.0 Å². The minimum absolute atomic E-state index is 0.176. The van der Waals surface area contributed by atoms with Crippen LogP contribution < -0.4 is 0 Å². The first-order valence-electron chi connectivity index (χ1n) is 9.27. The third kappa shape index (κ3) is 2.93. The molecule has 144 valence electrons. The number of fused-ring (bicyclic) bond motifs is 1. The molecule has 1 aromatic carbocycles. The Morgan fingerprint density at radius 1 is 1.11 bits per heavy atom. The summed E-state index contributed by atoms with van der Waals surface area (Å²) in [6.07, 6.45) is 0. The minimum atomic E-state index is -0.884. The van der Waals surface area contributed by atoms with Crippen molar-refractivity contribution < 1.29 is 14.7 Å². The second-order valence-corrected chi connectivity index (χ2v) is 7.41. The number of carboxylic acids is 1. The first-order chi connectivity index (χ1) is 13.4. The molecule has 0 radical (unpaired) electrons. The van der Waals surface area contributed by atoms with Gasteiger partial charge in [0, 0.05) is 30.4 Å². The monoisotopic (exact) mass is 378 g/mol. The fourth-order valence-corrected chi connectivity index (χ4v) is 4.09. The van der Waals surface area contributed by atoms with Gasteiger partial charge in [-0.3, -0.25) is 9.59 Å². The van der Waals surface area contributed by atoms with Gasteiger partial charge in [-0.2, -0.15) is 5.10 Å². The molecule has 1 fully saturated rings. The molecule has 0 aliphatic carbocycles. The molecule has 1 aliphatic rings. The average Bonchev–Trinajstić information content (AvgIpc) is 3.24. The van der Waals surface area contributed by atoms with Gasteiger partial charge in [0.05, 0.1) is 11.6 Å². The van der Waals surface area contributed by atoms with Gasteiger partial charge in [-0.25, -0.2) is 9.50 Å². The summed E-state index contributed by atoms with van der Waals surface area (Å²) in [5.74, 6) is -1.97. The topological polar surface area (TPSA) is 87.8 Å². The van der Waals surface area contributed by atoms with Gasteiger partial charge in [-0.1, -0.05) is 30.3 Å². The van der Waals surface area contributed by atoms with Crippen molar-refractivity contribution in [2.45, 2.75) is 26.7 Å². The Balaban J connectivity index is 1.72. The molecule has 2 aromatic heterocycles. The number of aryl methyl sites for hydroxylation is 3. The number of hydrogen-bond donors (Lipinski definition) is 1. The Hall–Kier alpha value is -3.22. The zero-order chi connectivity index (χ0) is 20.0. The SMILES string of the molecule is Cc1cc(C)n2nc(C)c(C(=O)N3CC(C(=O)O)C(c4ccccc4)C3)c2n1. The third-order valence-electron chi connectivity index (χ3n) is 5.44. The number of carbonyl (C=O) groups excluding carboxylic acids is 1. The van der Waals surface area contributed by atoms with Crippen LogP contribution in [0.3, 0.4) is 0 Å². The lowest BCUT2D eigenvalue weighted by Crippen LogP contribution is -2.30. The molecule has 0 saturated carbocycles. The molecule has 1 aliphatic heterocycles. The van der Waals surface area contributed by atoms with Crippen LogP contribution in [0.15, 0.2) is 36.4 Å². The maximum absolute atomic E-state index is 13.4. The molecule has 1 N–H and O–H groups in total. The molecule has 28 heavy (non-hydrogen) atoms. The lowest BCUT2D eigenvalue weighted by atomic mass is 9.89. The van der Waals surface area contributed by atoms with Gasteiger partial charge >= 0.3 is 5.97 Å². The summed E-state index contributed by atoms with van der Waals surface area (Å²) in [5, 5.41) is 14.2. The van der Waals surface area contributed by atoms with Crippen molar-refractivity contribution in [2.75, 3.05) is 13.1 Å². The van der Waals surface area contributed by atoms with Gasteiger partial charge in [0.15, 0.2) is 5.65 Å². The van der Waals surface area contributed by atoms with Gasteiger partial charge in [-0.05, 0) is 32.4 Å². The van der Waals surface area contributed by atoms with Gasteiger partial charge in [0.2, 0.25) is 0 Å². The van der Waals surface area contributed by atoms with E-state index in [9.17, 15) is 14.7 Å². The maximum Gasteiger partial charge on any atom is 0.308 e. The number of nitrogens with zero attached hydrogens (tertiary/aromatic N) is 4. The molecular weight excluding hydrogens is 356 g/mol. The Bertz CT molecular complexity index is 1070. The summed E-state index contributed by atoms with van der Waals surface area (Å²) in [6.45, 7) is 6.13. The smallest absolute Gasteiger partial charge is 0.308 e. The van der Waals surface area contributed by atoms with Crippen molar-refractivity contribution in [3.05, 3.63) is 64.6 Å². The fraction of sp³-hybridized carbons (Fsp3) is 0.333. The van der Waals surface area contributed by atoms with Crippen LogP contribution in [0.4, 0.5) is 0 Å². The van der Waals surface area contributed by atoms with Gasteiger partial charge in [0.1, 0.15) is 5.56 Å². The second-order valence-electron chi connectivity index (χ2n) is 7.41. The van der Waals surface area contributed by atoms with Crippen molar-refractivity contribution in [2.24, 2.45) is 5.92 Å². The van der Waals surface area contributed by atoms with Gasteiger partial charge in [-0.15, -0.1) is 0 Å². The third-order valence-corrected chi connectivity index (χ3v) is 5.44. The van der Waals surface area contributed by atoms with E-state index in [0.29, 0.717) is 23.4 Å². The van der Waals surface area contributed by atoms with Crippen molar-refractivity contribution >= 4 is 17.5 Å². The summed E-state index contributed by atoms with van der Waals surface area (Å²) in [6, 6.07) is 11.4. The molecule has 0 bridgehead atoms. The summed E-state index contributed by atoms with van der Waals surface area (Å²) in [7, 11) is 0. The number of aromatic nitrogens is 3. The summed E-state index contributed by atoms with van der Waals surface area (Å²) < 4.78 is 1.68. The Morgan fingerprint density at radius 3 is 2.50 bits per heavy atom. The average molecular weight is 378 g/mol. The summed E-state index contributed by atoms with van der Waals surface area (Å²) in [5.41, 5.74) is 4.22. The van der Waals surface area contributed by atoms with Crippen molar-refractivity contribution in [3.63, 3.8) is 0 Å². The van der Waals surface area contributed by atoms with E-state index in [4.69, 9.17) is 0 Å². The van der Waals surface area contributed by atoms with Crippen LogP contribution in [-0.2, 0) is 4.79 Å². The first kappa shape index (κ1) is 18.2. The van der Waals surface area contributed by atoms with Crippen LogP contribution in [0.2, 0.25) is 0 Å². The van der Waals surface area contributed by atoms with Crippen LogP contribution in [0.5, 0.6) is 0 Å². The van der Waals surface area contributed by atoms with E-state index in [1.807, 2.05) is 50.2 Å².